The minimum absolute atomic E-state index is 0.0894. The van der Waals surface area contributed by atoms with E-state index in [1.807, 2.05) is 0 Å². The van der Waals surface area contributed by atoms with Crippen molar-refractivity contribution in [2.45, 2.75) is 11.8 Å². The van der Waals surface area contributed by atoms with Crippen LogP contribution in [0.4, 0.5) is 17.1 Å². The molecule has 0 heterocycles. The van der Waals surface area contributed by atoms with Crippen molar-refractivity contribution < 1.29 is 18.1 Å². The summed E-state index contributed by atoms with van der Waals surface area (Å²) in [5, 5.41) is 13.7. The van der Waals surface area contributed by atoms with Crippen molar-refractivity contribution in [1.82, 2.24) is 0 Å². The van der Waals surface area contributed by atoms with Gasteiger partial charge in [-0.05, 0) is 49.4 Å². The highest BCUT2D eigenvalue weighted by molar-refractivity contribution is 7.92. The van der Waals surface area contributed by atoms with Gasteiger partial charge in [-0.2, -0.15) is 0 Å². The Morgan fingerprint density at radius 2 is 1.59 bits per heavy atom. The molecule has 0 bridgehead atoms. The number of amides is 1. The van der Waals surface area contributed by atoms with Gasteiger partial charge in [0.05, 0.1) is 21.1 Å². The van der Waals surface area contributed by atoms with Crippen molar-refractivity contribution in [3.05, 3.63) is 94.0 Å². The van der Waals surface area contributed by atoms with E-state index >= 15 is 0 Å². The summed E-state index contributed by atoms with van der Waals surface area (Å²) in [6.45, 7) is 1.55. The second kappa shape index (κ2) is 8.11. The Morgan fingerprint density at radius 1 is 0.931 bits per heavy atom. The van der Waals surface area contributed by atoms with Crippen LogP contribution in [-0.4, -0.2) is 19.2 Å². The predicted octanol–water partition coefficient (Wildman–Crippen LogP) is 3.96. The van der Waals surface area contributed by atoms with Crippen molar-refractivity contribution in [1.29, 1.82) is 0 Å². The lowest BCUT2D eigenvalue weighted by molar-refractivity contribution is -0.385. The Morgan fingerprint density at radius 3 is 2.21 bits per heavy atom. The highest BCUT2D eigenvalue weighted by Crippen LogP contribution is 2.25. The third-order valence-corrected chi connectivity index (χ3v) is 5.60. The summed E-state index contributed by atoms with van der Waals surface area (Å²) in [5.74, 6) is -0.467. The fourth-order valence-electron chi connectivity index (χ4n) is 2.65. The average molecular weight is 411 g/mol. The van der Waals surface area contributed by atoms with E-state index in [1.54, 1.807) is 31.2 Å². The summed E-state index contributed by atoms with van der Waals surface area (Å²) in [4.78, 5) is 23.1. The molecule has 0 spiro atoms. The lowest BCUT2D eigenvalue weighted by atomic mass is 10.1. The maximum Gasteiger partial charge on any atom is 0.274 e. The van der Waals surface area contributed by atoms with E-state index in [0.717, 1.165) is 0 Å². The van der Waals surface area contributed by atoms with Gasteiger partial charge in [-0.15, -0.1) is 0 Å². The van der Waals surface area contributed by atoms with Crippen LogP contribution < -0.4 is 10.0 Å². The number of nitro benzene ring substituents is 1. The van der Waals surface area contributed by atoms with Crippen LogP contribution in [0.3, 0.4) is 0 Å². The molecule has 0 aromatic heterocycles. The normalized spacial score (nSPS) is 10.9. The molecule has 8 nitrogen and oxygen atoms in total. The Labute approximate surface area is 167 Å². The molecule has 3 rings (SSSR count). The zero-order valence-corrected chi connectivity index (χ0v) is 16.1. The quantitative estimate of drug-likeness (QED) is 0.470. The average Bonchev–Trinajstić information content (AvgIpc) is 2.70. The van der Waals surface area contributed by atoms with Crippen LogP contribution in [0, 0.1) is 17.0 Å². The standard InChI is InChI=1S/C20H17N3O5S/c1-14-18(8-5-9-19(14)23(25)26)21-20(24)15-10-12-16(13-11-15)22-29(27,28)17-6-3-2-4-7-17/h2-13,22H,1H3,(H,21,24). The molecule has 2 N–H and O–H groups in total. The van der Waals surface area contributed by atoms with Crippen LogP contribution >= 0.6 is 0 Å². The molecule has 0 atom stereocenters. The number of nitro groups is 1. The number of benzene rings is 3. The van der Waals surface area contributed by atoms with E-state index in [4.69, 9.17) is 0 Å². The van der Waals surface area contributed by atoms with Crippen molar-refractivity contribution >= 4 is 33.0 Å². The number of carbonyl (C=O) groups excluding carboxylic acids is 1. The first kappa shape index (κ1) is 20.0. The molecular weight excluding hydrogens is 394 g/mol. The molecule has 29 heavy (non-hydrogen) atoms. The summed E-state index contributed by atoms with van der Waals surface area (Å²) < 4.78 is 27.1. The van der Waals surface area contributed by atoms with E-state index < -0.39 is 20.9 Å². The Balaban J connectivity index is 1.75. The minimum atomic E-state index is -3.73. The third kappa shape index (κ3) is 4.58. The fourth-order valence-corrected chi connectivity index (χ4v) is 3.73. The van der Waals surface area contributed by atoms with Gasteiger partial charge in [-0.25, -0.2) is 8.42 Å². The van der Waals surface area contributed by atoms with Gasteiger partial charge < -0.3 is 5.32 Å². The second-order valence-corrected chi connectivity index (χ2v) is 7.84. The fraction of sp³-hybridized carbons (Fsp3) is 0.0500. The Hall–Kier alpha value is -3.72. The van der Waals surface area contributed by atoms with E-state index in [9.17, 15) is 23.3 Å². The summed E-state index contributed by atoms with van der Waals surface area (Å²) in [6.07, 6.45) is 0. The molecule has 0 aliphatic rings. The lowest BCUT2D eigenvalue weighted by Gasteiger charge is -2.10. The minimum Gasteiger partial charge on any atom is -0.321 e. The Kier molecular flexibility index (Phi) is 5.60. The molecule has 9 heteroatoms. The van der Waals surface area contributed by atoms with Crippen molar-refractivity contribution in [3.63, 3.8) is 0 Å². The van der Waals surface area contributed by atoms with E-state index in [2.05, 4.69) is 10.0 Å². The molecule has 3 aromatic rings. The molecule has 0 fully saturated rings. The topological polar surface area (TPSA) is 118 Å². The van der Waals surface area contributed by atoms with Gasteiger partial charge in [0, 0.05) is 17.3 Å². The molecule has 0 aliphatic carbocycles. The number of hydrogen-bond acceptors (Lipinski definition) is 5. The van der Waals surface area contributed by atoms with Crippen LogP contribution in [0.1, 0.15) is 15.9 Å². The van der Waals surface area contributed by atoms with Gasteiger partial charge in [0.15, 0.2) is 0 Å². The zero-order valence-electron chi connectivity index (χ0n) is 15.3. The maximum atomic E-state index is 12.4. The number of sulfonamides is 1. The van der Waals surface area contributed by atoms with Crippen LogP contribution in [0.5, 0.6) is 0 Å². The first-order valence-corrected chi connectivity index (χ1v) is 9.99. The summed E-state index contributed by atoms with van der Waals surface area (Å²) in [5.41, 5.74) is 1.17. The smallest absolute Gasteiger partial charge is 0.274 e. The molecule has 0 saturated carbocycles. The molecule has 0 radical (unpaired) electrons. The molecule has 0 aliphatic heterocycles. The van der Waals surface area contributed by atoms with Gasteiger partial charge >= 0.3 is 0 Å². The van der Waals surface area contributed by atoms with Crippen molar-refractivity contribution in [3.8, 4) is 0 Å². The van der Waals surface area contributed by atoms with Crippen molar-refractivity contribution in [2.24, 2.45) is 0 Å². The van der Waals surface area contributed by atoms with Gasteiger partial charge in [-0.1, -0.05) is 24.3 Å². The molecule has 0 saturated heterocycles. The number of rotatable bonds is 6. The van der Waals surface area contributed by atoms with Crippen LogP contribution in [0.2, 0.25) is 0 Å². The first-order valence-electron chi connectivity index (χ1n) is 8.51. The summed E-state index contributed by atoms with van der Waals surface area (Å²) in [7, 11) is -3.73. The van der Waals surface area contributed by atoms with E-state index in [1.165, 1.54) is 48.5 Å². The lowest BCUT2D eigenvalue weighted by Crippen LogP contribution is -2.14. The van der Waals surface area contributed by atoms with Crippen LogP contribution in [0.25, 0.3) is 0 Å². The van der Waals surface area contributed by atoms with Crippen molar-refractivity contribution in [2.75, 3.05) is 10.0 Å². The molecule has 0 unspecified atom stereocenters. The number of anilines is 2. The van der Waals surface area contributed by atoms with Crippen LogP contribution in [-0.2, 0) is 10.0 Å². The summed E-state index contributed by atoms with van der Waals surface area (Å²) >= 11 is 0. The number of nitrogens with one attached hydrogen (secondary N) is 2. The molecule has 3 aromatic carbocycles. The second-order valence-electron chi connectivity index (χ2n) is 6.16. The molecule has 1 amide bonds. The third-order valence-electron chi connectivity index (χ3n) is 4.20. The summed E-state index contributed by atoms with van der Waals surface area (Å²) in [6, 6.07) is 18.2. The van der Waals surface area contributed by atoms with Gasteiger partial charge in [0.2, 0.25) is 0 Å². The Bertz CT molecular complexity index is 1160. The highest BCUT2D eigenvalue weighted by Gasteiger charge is 2.16. The number of nitrogens with zero attached hydrogens (tertiary/aromatic N) is 1. The number of carbonyl (C=O) groups is 1. The maximum absolute atomic E-state index is 12.4. The van der Waals surface area contributed by atoms with E-state index in [0.29, 0.717) is 16.9 Å². The van der Waals surface area contributed by atoms with Crippen LogP contribution in [0.15, 0.2) is 77.7 Å². The molecule has 148 valence electrons. The SMILES string of the molecule is Cc1c(NC(=O)c2ccc(NS(=O)(=O)c3ccccc3)cc2)cccc1[N+](=O)[O-]. The van der Waals surface area contributed by atoms with Gasteiger partial charge in [0.25, 0.3) is 21.6 Å². The monoisotopic (exact) mass is 411 g/mol. The zero-order chi connectivity index (χ0) is 21.0. The van der Waals surface area contributed by atoms with Gasteiger partial charge in [0.1, 0.15) is 0 Å². The molecular formula is C20H17N3O5S. The first-order chi connectivity index (χ1) is 13.8. The largest absolute Gasteiger partial charge is 0.321 e. The van der Waals surface area contributed by atoms with E-state index in [-0.39, 0.29) is 16.1 Å². The van der Waals surface area contributed by atoms with Gasteiger partial charge in [-0.3, -0.25) is 19.6 Å². The highest BCUT2D eigenvalue weighted by atomic mass is 32.2. The number of hydrogen-bond donors (Lipinski definition) is 2. The predicted molar refractivity (Wildman–Crippen MR) is 109 cm³/mol.